The summed E-state index contributed by atoms with van der Waals surface area (Å²) in [4.78, 5) is 41.4. The third kappa shape index (κ3) is 4.60. The number of rotatable bonds is 5. The lowest BCUT2D eigenvalue weighted by atomic mass is 10.3. The highest BCUT2D eigenvalue weighted by molar-refractivity contribution is 5.76. The van der Waals surface area contributed by atoms with E-state index in [9.17, 15) is 9.59 Å². The van der Waals surface area contributed by atoms with Crippen molar-refractivity contribution in [2.24, 2.45) is 0 Å². The molecular weight excluding hydrogens is 346 g/mol. The quantitative estimate of drug-likeness (QED) is 0.814. The molecule has 1 amide bonds. The van der Waals surface area contributed by atoms with E-state index in [1.165, 1.54) is 17.0 Å². The molecule has 1 aliphatic rings. The van der Waals surface area contributed by atoms with Gasteiger partial charge >= 0.3 is 0 Å². The number of aryl methyl sites for hydroxylation is 2. The molecule has 0 radical (unpaired) electrons. The fourth-order valence-electron chi connectivity index (χ4n) is 3.05. The van der Waals surface area contributed by atoms with Crippen LogP contribution >= 0.6 is 0 Å². The first-order valence-corrected chi connectivity index (χ1v) is 9.11. The minimum Gasteiger partial charge on any atom is -0.370 e. The maximum Gasteiger partial charge on any atom is 0.253 e. The van der Waals surface area contributed by atoms with E-state index in [-0.39, 0.29) is 18.0 Å². The van der Waals surface area contributed by atoms with Crippen LogP contribution in [0.1, 0.15) is 18.4 Å². The van der Waals surface area contributed by atoms with Crippen molar-refractivity contribution < 1.29 is 4.79 Å². The van der Waals surface area contributed by atoms with Gasteiger partial charge in [0.05, 0.1) is 6.33 Å². The van der Waals surface area contributed by atoms with E-state index in [2.05, 4.69) is 25.2 Å². The SMILES string of the molecule is CCNc1cc(N2CCN(C(=O)Cn3cnc(C)cc3=O)CC2)nc(C)n1. The van der Waals surface area contributed by atoms with Gasteiger partial charge in [0.25, 0.3) is 5.56 Å². The summed E-state index contributed by atoms with van der Waals surface area (Å²) in [6, 6.07) is 3.37. The van der Waals surface area contributed by atoms with Crippen LogP contribution in [0.15, 0.2) is 23.3 Å². The van der Waals surface area contributed by atoms with Gasteiger partial charge in [0.2, 0.25) is 5.91 Å². The topological polar surface area (TPSA) is 96.2 Å². The molecule has 1 saturated heterocycles. The maximum absolute atomic E-state index is 12.5. The molecule has 0 atom stereocenters. The van der Waals surface area contributed by atoms with Gasteiger partial charge in [-0.15, -0.1) is 0 Å². The Morgan fingerprint density at radius 1 is 1.15 bits per heavy atom. The molecule has 0 bridgehead atoms. The Hall–Kier alpha value is -2.97. The Balaban J connectivity index is 1.61. The molecule has 1 fully saturated rings. The molecule has 3 rings (SSSR count). The van der Waals surface area contributed by atoms with Crippen LogP contribution in [0, 0.1) is 13.8 Å². The molecule has 0 saturated carbocycles. The van der Waals surface area contributed by atoms with Gasteiger partial charge in [-0.2, -0.15) is 0 Å². The van der Waals surface area contributed by atoms with Crippen LogP contribution in [0.4, 0.5) is 11.6 Å². The molecule has 0 spiro atoms. The van der Waals surface area contributed by atoms with Crippen molar-refractivity contribution in [3.8, 4) is 0 Å². The maximum atomic E-state index is 12.5. The summed E-state index contributed by atoms with van der Waals surface area (Å²) in [7, 11) is 0. The molecule has 0 aromatic carbocycles. The predicted molar refractivity (Wildman–Crippen MR) is 103 cm³/mol. The number of carbonyl (C=O) groups excluding carboxylic acids is 1. The highest BCUT2D eigenvalue weighted by Crippen LogP contribution is 2.17. The average Bonchev–Trinajstić information content (AvgIpc) is 2.64. The van der Waals surface area contributed by atoms with E-state index in [4.69, 9.17) is 0 Å². The van der Waals surface area contributed by atoms with E-state index in [0.29, 0.717) is 37.7 Å². The van der Waals surface area contributed by atoms with Gasteiger partial charge in [-0.05, 0) is 20.8 Å². The van der Waals surface area contributed by atoms with Crippen LogP contribution in [-0.4, -0.2) is 63.0 Å². The van der Waals surface area contributed by atoms with Crippen LogP contribution in [0.25, 0.3) is 0 Å². The fourth-order valence-corrected chi connectivity index (χ4v) is 3.05. The van der Waals surface area contributed by atoms with Crippen molar-refractivity contribution in [2.75, 3.05) is 42.9 Å². The van der Waals surface area contributed by atoms with E-state index in [1.54, 1.807) is 11.8 Å². The fraction of sp³-hybridized carbons (Fsp3) is 0.500. The zero-order valence-corrected chi connectivity index (χ0v) is 16.0. The number of nitrogens with one attached hydrogen (secondary N) is 1. The van der Waals surface area contributed by atoms with E-state index < -0.39 is 0 Å². The number of carbonyl (C=O) groups is 1. The van der Waals surface area contributed by atoms with Crippen molar-refractivity contribution in [3.63, 3.8) is 0 Å². The molecule has 9 heteroatoms. The third-order valence-corrected chi connectivity index (χ3v) is 4.46. The standard InChI is InChI=1S/C18H25N7O2/c1-4-19-15-10-16(22-14(3)21-15)23-5-7-24(8-6-23)18(27)11-25-12-20-13(2)9-17(25)26/h9-10,12H,4-8,11H2,1-3H3,(H,19,21,22). The van der Waals surface area contributed by atoms with Crippen LogP contribution in [0.2, 0.25) is 0 Å². The molecule has 1 N–H and O–H groups in total. The molecule has 2 aromatic heterocycles. The Kier molecular flexibility index (Phi) is 5.68. The number of aromatic nitrogens is 4. The summed E-state index contributed by atoms with van der Waals surface area (Å²) in [5, 5.41) is 3.21. The second-order valence-electron chi connectivity index (χ2n) is 6.55. The minimum atomic E-state index is -0.207. The molecule has 1 aliphatic heterocycles. The second-order valence-corrected chi connectivity index (χ2v) is 6.55. The average molecular weight is 371 g/mol. The van der Waals surface area contributed by atoms with Crippen molar-refractivity contribution in [1.29, 1.82) is 0 Å². The molecular formula is C18H25N7O2. The molecule has 144 valence electrons. The van der Waals surface area contributed by atoms with Crippen molar-refractivity contribution in [2.45, 2.75) is 27.3 Å². The summed E-state index contributed by atoms with van der Waals surface area (Å²) in [5.74, 6) is 2.32. The molecule has 0 aliphatic carbocycles. The number of nitrogens with zero attached hydrogens (tertiary/aromatic N) is 6. The minimum absolute atomic E-state index is 0.0172. The van der Waals surface area contributed by atoms with E-state index in [0.717, 1.165) is 18.2 Å². The summed E-state index contributed by atoms with van der Waals surface area (Å²) in [6.07, 6.45) is 1.43. The summed E-state index contributed by atoms with van der Waals surface area (Å²) >= 11 is 0. The lowest BCUT2D eigenvalue weighted by Crippen LogP contribution is -2.50. The monoisotopic (exact) mass is 371 g/mol. The molecule has 3 heterocycles. The van der Waals surface area contributed by atoms with Gasteiger partial charge < -0.3 is 15.1 Å². The highest BCUT2D eigenvalue weighted by Gasteiger charge is 2.23. The van der Waals surface area contributed by atoms with Gasteiger partial charge in [0.15, 0.2) is 0 Å². The van der Waals surface area contributed by atoms with Gasteiger partial charge in [0.1, 0.15) is 24.0 Å². The van der Waals surface area contributed by atoms with Crippen LogP contribution < -0.4 is 15.8 Å². The first kappa shape index (κ1) is 18.8. The summed E-state index contributed by atoms with van der Waals surface area (Å²) in [5.41, 5.74) is 0.441. The van der Waals surface area contributed by atoms with E-state index in [1.807, 2.05) is 19.9 Å². The normalized spacial score (nSPS) is 14.3. The Labute approximate surface area is 158 Å². The van der Waals surface area contributed by atoms with Crippen LogP contribution in [0.3, 0.4) is 0 Å². The second kappa shape index (κ2) is 8.15. The number of anilines is 2. The first-order chi connectivity index (χ1) is 13.0. The van der Waals surface area contributed by atoms with Gasteiger partial charge in [0, 0.05) is 50.6 Å². The third-order valence-electron chi connectivity index (χ3n) is 4.46. The summed E-state index contributed by atoms with van der Waals surface area (Å²) in [6.45, 7) is 9.02. The lowest BCUT2D eigenvalue weighted by Gasteiger charge is -2.35. The van der Waals surface area contributed by atoms with Gasteiger partial charge in [-0.25, -0.2) is 15.0 Å². The smallest absolute Gasteiger partial charge is 0.253 e. The zero-order chi connectivity index (χ0) is 19.4. The van der Waals surface area contributed by atoms with Crippen molar-refractivity contribution in [3.05, 3.63) is 40.3 Å². The Morgan fingerprint density at radius 3 is 2.56 bits per heavy atom. The van der Waals surface area contributed by atoms with E-state index >= 15 is 0 Å². The predicted octanol–water partition coefficient (Wildman–Crippen LogP) is 0.431. The number of hydrogen-bond acceptors (Lipinski definition) is 7. The van der Waals surface area contributed by atoms with Crippen LogP contribution in [-0.2, 0) is 11.3 Å². The highest BCUT2D eigenvalue weighted by atomic mass is 16.2. The number of piperazine rings is 1. The Bertz CT molecular complexity index is 872. The number of hydrogen-bond donors (Lipinski definition) is 1. The molecule has 2 aromatic rings. The molecule has 27 heavy (non-hydrogen) atoms. The van der Waals surface area contributed by atoms with Gasteiger partial charge in [-0.1, -0.05) is 0 Å². The zero-order valence-electron chi connectivity index (χ0n) is 16.0. The van der Waals surface area contributed by atoms with Crippen molar-refractivity contribution >= 4 is 17.5 Å². The molecule has 0 unspecified atom stereocenters. The largest absolute Gasteiger partial charge is 0.370 e. The van der Waals surface area contributed by atoms with Gasteiger partial charge in [-0.3, -0.25) is 14.2 Å². The number of amides is 1. The lowest BCUT2D eigenvalue weighted by molar-refractivity contribution is -0.132. The summed E-state index contributed by atoms with van der Waals surface area (Å²) < 4.78 is 1.35. The van der Waals surface area contributed by atoms with Crippen molar-refractivity contribution in [1.82, 2.24) is 24.4 Å². The molecule has 9 nitrogen and oxygen atoms in total. The first-order valence-electron chi connectivity index (χ1n) is 9.11. The Morgan fingerprint density at radius 2 is 1.89 bits per heavy atom. The van der Waals surface area contributed by atoms with Crippen LogP contribution in [0.5, 0.6) is 0 Å².